The van der Waals surface area contributed by atoms with Gasteiger partial charge in [0.2, 0.25) is 0 Å². The fourth-order valence-electron chi connectivity index (χ4n) is 2.97. The van der Waals surface area contributed by atoms with Gasteiger partial charge < -0.3 is 25.4 Å². The second kappa shape index (κ2) is 8.34. The predicted molar refractivity (Wildman–Crippen MR) is 116 cm³/mol. The van der Waals surface area contributed by atoms with Crippen molar-refractivity contribution in [3.8, 4) is 17.2 Å². The van der Waals surface area contributed by atoms with Crippen molar-refractivity contribution >= 4 is 40.6 Å². The third-order valence-electron chi connectivity index (χ3n) is 4.31. The summed E-state index contributed by atoms with van der Waals surface area (Å²) in [6.45, 7) is 2.47. The minimum absolute atomic E-state index is 0.293. The van der Waals surface area contributed by atoms with Crippen LogP contribution < -0.4 is 25.4 Å². The van der Waals surface area contributed by atoms with Crippen molar-refractivity contribution in [1.29, 1.82) is 0 Å². The molecule has 1 heterocycles. The highest BCUT2D eigenvalue weighted by Crippen LogP contribution is 2.37. The monoisotopic (exact) mass is 423 g/mol. The lowest BCUT2D eigenvalue weighted by molar-refractivity contribution is 0.102. The molecule has 0 atom stereocenters. The van der Waals surface area contributed by atoms with E-state index >= 15 is 0 Å². The van der Waals surface area contributed by atoms with Gasteiger partial charge in [-0.1, -0.05) is 11.6 Å². The Bertz CT molecular complexity index is 1120. The van der Waals surface area contributed by atoms with Crippen LogP contribution in [0.1, 0.15) is 17.3 Å². The lowest BCUT2D eigenvalue weighted by Crippen LogP contribution is -2.20. The topological polar surface area (TPSA) is 88.7 Å². The van der Waals surface area contributed by atoms with Crippen LogP contribution >= 0.6 is 11.6 Å². The van der Waals surface area contributed by atoms with Crippen LogP contribution in [0.3, 0.4) is 0 Å². The zero-order valence-corrected chi connectivity index (χ0v) is 16.7. The lowest BCUT2D eigenvalue weighted by Gasteiger charge is -2.11. The van der Waals surface area contributed by atoms with E-state index in [-0.39, 0.29) is 5.91 Å². The van der Waals surface area contributed by atoms with E-state index in [0.717, 1.165) is 5.75 Å². The zero-order valence-electron chi connectivity index (χ0n) is 16.0. The second-order valence-corrected chi connectivity index (χ2v) is 6.88. The molecule has 0 radical (unpaired) electrons. The molecule has 0 bridgehead atoms. The number of carbonyl (C=O) groups excluding carboxylic acids is 2. The first-order valence-corrected chi connectivity index (χ1v) is 9.63. The van der Waals surface area contributed by atoms with Crippen LogP contribution in [0.15, 0.2) is 60.7 Å². The number of halogens is 1. The van der Waals surface area contributed by atoms with Crippen molar-refractivity contribution in [1.82, 2.24) is 0 Å². The molecule has 0 saturated carbocycles. The standard InChI is InChI=1S/C22H18ClN3O4/c1-2-29-16-7-4-14(5-8-16)24-22(28)25-15-6-10-19-17(12-15)21(27)26-18-11-13(23)3-9-20(18)30-19/h3-12H,2H2,1H3,(H,26,27)(H2,24,25,28). The van der Waals surface area contributed by atoms with Crippen molar-refractivity contribution in [3.63, 3.8) is 0 Å². The summed E-state index contributed by atoms with van der Waals surface area (Å²) in [4.78, 5) is 24.9. The molecule has 0 spiro atoms. The first-order chi connectivity index (χ1) is 14.5. The average Bonchev–Trinajstić information content (AvgIpc) is 2.85. The molecule has 0 saturated heterocycles. The number of ether oxygens (including phenoxy) is 2. The number of hydrogen-bond donors (Lipinski definition) is 3. The summed E-state index contributed by atoms with van der Waals surface area (Å²) in [7, 11) is 0. The van der Waals surface area contributed by atoms with Crippen LogP contribution in [-0.4, -0.2) is 18.5 Å². The molecule has 0 fully saturated rings. The van der Waals surface area contributed by atoms with E-state index in [0.29, 0.717) is 45.8 Å². The van der Waals surface area contributed by atoms with Crippen molar-refractivity contribution in [2.45, 2.75) is 6.92 Å². The fourth-order valence-corrected chi connectivity index (χ4v) is 3.14. The van der Waals surface area contributed by atoms with Gasteiger partial charge in [0.05, 0.1) is 17.9 Å². The maximum absolute atomic E-state index is 12.6. The zero-order chi connectivity index (χ0) is 21.1. The molecule has 3 amide bonds. The molecule has 0 aliphatic carbocycles. The number of fused-ring (bicyclic) bond motifs is 2. The van der Waals surface area contributed by atoms with Gasteiger partial charge in [-0.25, -0.2) is 4.79 Å². The molecule has 4 rings (SSSR count). The first-order valence-electron chi connectivity index (χ1n) is 9.25. The highest BCUT2D eigenvalue weighted by molar-refractivity contribution is 6.31. The number of nitrogens with one attached hydrogen (secondary N) is 3. The molecule has 0 unspecified atom stereocenters. The van der Waals surface area contributed by atoms with Gasteiger partial charge >= 0.3 is 6.03 Å². The molecule has 1 aliphatic heterocycles. The summed E-state index contributed by atoms with van der Waals surface area (Å²) < 4.78 is 11.2. The number of carbonyl (C=O) groups is 2. The van der Waals surface area contributed by atoms with Crippen molar-refractivity contribution in [3.05, 3.63) is 71.2 Å². The summed E-state index contributed by atoms with van der Waals surface area (Å²) >= 11 is 5.99. The maximum atomic E-state index is 12.6. The van der Waals surface area contributed by atoms with Crippen LogP contribution in [0.4, 0.5) is 21.9 Å². The summed E-state index contributed by atoms with van der Waals surface area (Å²) in [6.07, 6.45) is 0. The summed E-state index contributed by atoms with van der Waals surface area (Å²) in [6, 6.07) is 16.4. The van der Waals surface area contributed by atoms with Gasteiger partial charge in [-0.15, -0.1) is 0 Å². The summed E-state index contributed by atoms with van der Waals surface area (Å²) in [5.74, 6) is 1.23. The number of urea groups is 1. The Morgan fingerprint density at radius 2 is 1.70 bits per heavy atom. The smallest absolute Gasteiger partial charge is 0.323 e. The fraction of sp³-hybridized carbons (Fsp3) is 0.0909. The molecule has 0 aromatic heterocycles. The predicted octanol–water partition coefficient (Wildman–Crippen LogP) is 5.74. The minimum Gasteiger partial charge on any atom is -0.494 e. The Labute approximate surface area is 178 Å². The Kier molecular flexibility index (Phi) is 5.45. The quantitative estimate of drug-likeness (QED) is 0.499. The molecular formula is C22H18ClN3O4. The van der Waals surface area contributed by atoms with Gasteiger partial charge in [-0.05, 0) is 67.6 Å². The minimum atomic E-state index is -0.441. The third-order valence-corrected chi connectivity index (χ3v) is 4.55. The van der Waals surface area contributed by atoms with Crippen molar-refractivity contribution < 1.29 is 19.1 Å². The molecule has 3 N–H and O–H groups in total. The largest absolute Gasteiger partial charge is 0.494 e. The summed E-state index contributed by atoms with van der Waals surface area (Å²) in [5.41, 5.74) is 1.83. The van der Waals surface area contributed by atoms with Crippen molar-refractivity contribution in [2.75, 3.05) is 22.6 Å². The Morgan fingerprint density at radius 3 is 2.47 bits per heavy atom. The van der Waals surface area contributed by atoms with E-state index in [9.17, 15) is 9.59 Å². The Balaban J connectivity index is 1.48. The van der Waals surface area contributed by atoms with Crippen LogP contribution in [0.25, 0.3) is 0 Å². The first kappa shape index (κ1) is 19.6. The SMILES string of the molecule is CCOc1ccc(NC(=O)Nc2ccc3c(c2)C(=O)Nc2cc(Cl)ccc2O3)cc1. The number of anilines is 3. The van der Waals surface area contributed by atoms with E-state index in [1.165, 1.54) is 0 Å². The van der Waals surface area contributed by atoms with E-state index in [1.807, 2.05) is 6.92 Å². The van der Waals surface area contributed by atoms with Crippen LogP contribution in [-0.2, 0) is 0 Å². The number of benzene rings is 3. The third kappa shape index (κ3) is 4.31. The molecule has 7 nitrogen and oxygen atoms in total. The lowest BCUT2D eigenvalue weighted by atomic mass is 10.1. The number of rotatable bonds is 4. The van der Waals surface area contributed by atoms with E-state index in [1.54, 1.807) is 60.7 Å². The molecule has 1 aliphatic rings. The summed E-state index contributed by atoms with van der Waals surface area (Å²) in [5, 5.41) is 8.70. The van der Waals surface area contributed by atoms with Gasteiger partial charge in [0.15, 0.2) is 5.75 Å². The second-order valence-electron chi connectivity index (χ2n) is 6.44. The van der Waals surface area contributed by atoms with Crippen LogP contribution in [0, 0.1) is 0 Å². The van der Waals surface area contributed by atoms with Crippen LogP contribution in [0.5, 0.6) is 17.2 Å². The Morgan fingerprint density at radius 1 is 1.00 bits per heavy atom. The van der Waals surface area contributed by atoms with Gasteiger partial charge in [-0.2, -0.15) is 0 Å². The molecule has 3 aromatic carbocycles. The van der Waals surface area contributed by atoms with Gasteiger partial charge in [-0.3, -0.25) is 4.79 Å². The molecule has 8 heteroatoms. The van der Waals surface area contributed by atoms with E-state index < -0.39 is 6.03 Å². The van der Waals surface area contributed by atoms with Gasteiger partial charge in [0, 0.05) is 16.4 Å². The molecule has 3 aromatic rings. The normalized spacial score (nSPS) is 11.9. The highest BCUT2D eigenvalue weighted by Gasteiger charge is 2.21. The molecule has 30 heavy (non-hydrogen) atoms. The Hall–Kier alpha value is -3.71. The average molecular weight is 424 g/mol. The van der Waals surface area contributed by atoms with Gasteiger partial charge in [0.1, 0.15) is 11.5 Å². The van der Waals surface area contributed by atoms with Crippen LogP contribution in [0.2, 0.25) is 5.02 Å². The number of amides is 3. The molecule has 152 valence electrons. The number of hydrogen-bond acceptors (Lipinski definition) is 4. The van der Waals surface area contributed by atoms with E-state index in [4.69, 9.17) is 21.1 Å². The van der Waals surface area contributed by atoms with Gasteiger partial charge in [0.25, 0.3) is 5.91 Å². The van der Waals surface area contributed by atoms with Crippen molar-refractivity contribution in [2.24, 2.45) is 0 Å². The highest BCUT2D eigenvalue weighted by atomic mass is 35.5. The maximum Gasteiger partial charge on any atom is 0.323 e. The molecular weight excluding hydrogens is 406 g/mol. The van der Waals surface area contributed by atoms with E-state index in [2.05, 4.69) is 16.0 Å².